The van der Waals surface area contributed by atoms with E-state index in [0.717, 1.165) is 11.3 Å². The zero-order valence-corrected chi connectivity index (χ0v) is 13.4. The third-order valence-electron chi connectivity index (χ3n) is 4.12. The predicted octanol–water partition coefficient (Wildman–Crippen LogP) is 0.890. The van der Waals surface area contributed by atoms with Crippen LogP contribution in [0.5, 0.6) is 0 Å². The van der Waals surface area contributed by atoms with Crippen LogP contribution in [-0.4, -0.2) is 62.7 Å². The van der Waals surface area contributed by atoms with Crippen LogP contribution in [-0.2, 0) is 9.53 Å². The lowest BCUT2D eigenvalue weighted by molar-refractivity contribution is -0.141. The van der Waals surface area contributed by atoms with Crippen molar-refractivity contribution in [1.82, 2.24) is 19.9 Å². The van der Waals surface area contributed by atoms with Crippen LogP contribution in [0.1, 0.15) is 22.5 Å². The molecule has 126 valence electrons. The minimum Gasteiger partial charge on any atom is -0.480 e. The van der Waals surface area contributed by atoms with Crippen molar-refractivity contribution in [3.8, 4) is 5.69 Å². The smallest absolute Gasteiger partial charge is 0.326 e. The summed E-state index contributed by atoms with van der Waals surface area (Å²) in [6.45, 7) is 2.18. The molecule has 3 rings (SSSR count). The van der Waals surface area contributed by atoms with Crippen LogP contribution in [0.3, 0.4) is 0 Å². The SMILES string of the molecule is COC1CC(C(=O)O)N(C(=O)c2cn(-c3cccc(C)c3)nn2)C1. The number of aryl methyl sites for hydroxylation is 1. The number of rotatable bonds is 4. The molecule has 24 heavy (non-hydrogen) atoms. The highest BCUT2D eigenvalue weighted by molar-refractivity contribution is 5.95. The molecule has 0 spiro atoms. The minimum absolute atomic E-state index is 0.111. The highest BCUT2D eigenvalue weighted by Gasteiger charge is 2.40. The zero-order chi connectivity index (χ0) is 17.3. The molecular formula is C16H18N4O4. The van der Waals surface area contributed by atoms with Gasteiger partial charge in [0, 0.05) is 20.1 Å². The monoisotopic (exact) mass is 330 g/mol. The van der Waals surface area contributed by atoms with E-state index in [9.17, 15) is 14.7 Å². The van der Waals surface area contributed by atoms with E-state index >= 15 is 0 Å². The quantitative estimate of drug-likeness (QED) is 0.894. The number of carbonyl (C=O) groups is 2. The fraction of sp³-hybridized carbons (Fsp3) is 0.375. The summed E-state index contributed by atoms with van der Waals surface area (Å²) in [5.74, 6) is -1.50. The fourth-order valence-electron chi connectivity index (χ4n) is 2.83. The van der Waals surface area contributed by atoms with Crippen molar-refractivity contribution in [2.24, 2.45) is 0 Å². The summed E-state index contributed by atoms with van der Waals surface area (Å²) in [6, 6.07) is 6.70. The predicted molar refractivity (Wildman–Crippen MR) is 84.0 cm³/mol. The van der Waals surface area contributed by atoms with Crippen molar-refractivity contribution in [2.75, 3.05) is 13.7 Å². The average Bonchev–Trinajstić information content (AvgIpc) is 3.21. The molecule has 1 N–H and O–H groups in total. The number of carbonyl (C=O) groups excluding carboxylic acids is 1. The van der Waals surface area contributed by atoms with Gasteiger partial charge in [0.15, 0.2) is 5.69 Å². The van der Waals surface area contributed by atoms with E-state index in [2.05, 4.69) is 10.3 Å². The lowest BCUT2D eigenvalue weighted by atomic mass is 10.2. The number of aliphatic carboxylic acids is 1. The maximum Gasteiger partial charge on any atom is 0.326 e. The van der Waals surface area contributed by atoms with E-state index in [4.69, 9.17) is 4.74 Å². The molecule has 2 aromatic rings. The Labute approximate surface area is 138 Å². The molecule has 1 aliphatic heterocycles. The Balaban J connectivity index is 1.84. The molecule has 1 saturated heterocycles. The lowest BCUT2D eigenvalue weighted by Gasteiger charge is -2.19. The second-order valence-corrected chi connectivity index (χ2v) is 5.79. The van der Waals surface area contributed by atoms with Gasteiger partial charge in [-0.25, -0.2) is 9.48 Å². The maximum atomic E-state index is 12.6. The standard InChI is InChI=1S/C16H18N4O4/c1-10-4-3-5-11(6-10)20-9-13(17-18-20)15(21)19-8-12(24-2)7-14(19)16(22)23/h3-6,9,12,14H,7-8H2,1-2H3,(H,22,23). The molecule has 8 nitrogen and oxygen atoms in total. The first kappa shape index (κ1) is 16.1. The van der Waals surface area contributed by atoms with E-state index in [1.165, 1.54) is 22.9 Å². The number of nitrogens with zero attached hydrogens (tertiary/aromatic N) is 4. The highest BCUT2D eigenvalue weighted by atomic mass is 16.5. The summed E-state index contributed by atoms with van der Waals surface area (Å²) in [6.07, 6.45) is 1.49. The molecule has 0 saturated carbocycles. The molecule has 1 amide bonds. The van der Waals surface area contributed by atoms with Crippen LogP contribution in [0.15, 0.2) is 30.5 Å². The van der Waals surface area contributed by atoms with Crippen molar-refractivity contribution in [2.45, 2.75) is 25.5 Å². The average molecular weight is 330 g/mol. The molecule has 1 aromatic heterocycles. The van der Waals surface area contributed by atoms with E-state index in [0.29, 0.717) is 0 Å². The molecule has 0 bridgehead atoms. The second-order valence-electron chi connectivity index (χ2n) is 5.79. The van der Waals surface area contributed by atoms with Gasteiger partial charge in [-0.2, -0.15) is 0 Å². The molecule has 2 atom stereocenters. The number of carboxylic acids is 1. The number of hydrogen-bond donors (Lipinski definition) is 1. The van der Waals surface area contributed by atoms with Gasteiger partial charge in [0.1, 0.15) is 6.04 Å². The maximum absolute atomic E-state index is 12.6. The van der Waals surface area contributed by atoms with Gasteiger partial charge in [0.25, 0.3) is 5.91 Å². The molecular weight excluding hydrogens is 312 g/mol. The number of ether oxygens (including phenoxy) is 1. The number of hydrogen-bond acceptors (Lipinski definition) is 5. The molecule has 1 fully saturated rings. The van der Waals surface area contributed by atoms with Gasteiger partial charge in [-0.05, 0) is 24.6 Å². The van der Waals surface area contributed by atoms with Gasteiger partial charge >= 0.3 is 5.97 Å². The first-order valence-corrected chi connectivity index (χ1v) is 7.55. The Kier molecular flexibility index (Phi) is 4.30. The Morgan fingerprint density at radius 3 is 2.83 bits per heavy atom. The third-order valence-corrected chi connectivity index (χ3v) is 4.12. The van der Waals surface area contributed by atoms with Crippen LogP contribution in [0.2, 0.25) is 0 Å². The van der Waals surface area contributed by atoms with Crippen molar-refractivity contribution in [1.29, 1.82) is 0 Å². The van der Waals surface area contributed by atoms with Crippen LogP contribution in [0, 0.1) is 6.92 Å². The summed E-state index contributed by atoms with van der Waals surface area (Å²) in [5.41, 5.74) is 1.95. The lowest BCUT2D eigenvalue weighted by Crippen LogP contribution is -2.40. The van der Waals surface area contributed by atoms with Gasteiger partial charge in [-0.3, -0.25) is 4.79 Å². The van der Waals surface area contributed by atoms with Gasteiger partial charge in [0.05, 0.1) is 18.0 Å². The molecule has 1 aromatic carbocycles. The van der Waals surface area contributed by atoms with Crippen molar-refractivity contribution in [3.63, 3.8) is 0 Å². The molecule has 0 aliphatic carbocycles. The number of amides is 1. The van der Waals surface area contributed by atoms with E-state index in [-0.39, 0.29) is 24.8 Å². The summed E-state index contributed by atoms with van der Waals surface area (Å²) in [5, 5.41) is 17.2. The number of methoxy groups -OCH3 is 1. The second kappa shape index (κ2) is 6.40. The van der Waals surface area contributed by atoms with Gasteiger partial charge in [-0.15, -0.1) is 5.10 Å². The number of likely N-dealkylation sites (tertiary alicyclic amines) is 1. The zero-order valence-electron chi connectivity index (χ0n) is 13.4. The minimum atomic E-state index is -1.05. The number of benzene rings is 1. The van der Waals surface area contributed by atoms with Crippen molar-refractivity contribution >= 4 is 11.9 Å². The molecule has 1 aliphatic rings. The first-order valence-electron chi connectivity index (χ1n) is 7.55. The fourth-order valence-corrected chi connectivity index (χ4v) is 2.83. The molecule has 0 radical (unpaired) electrons. The summed E-state index contributed by atoms with van der Waals surface area (Å²) in [4.78, 5) is 25.3. The van der Waals surface area contributed by atoms with Gasteiger partial charge in [-0.1, -0.05) is 17.3 Å². The van der Waals surface area contributed by atoms with Gasteiger partial charge < -0.3 is 14.7 Å². The Morgan fingerprint density at radius 2 is 2.17 bits per heavy atom. The summed E-state index contributed by atoms with van der Waals surface area (Å²) >= 11 is 0. The van der Waals surface area contributed by atoms with Crippen LogP contribution < -0.4 is 0 Å². The van der Waals surface area contributed by atoms with Crippen molar-refractivity contribution in [3.05, 3.63) is 41.7 Å². The number of carboxylic acid groups (broad SMARTS) is 1. The van der Waals surface area contributed by atoms with E-state index in [1.54, 1.807) is 0 Å². The highest BCUT2D eigenvalue weighted by Crippen LogP contribution is 2.22. The van der Waals surface area contributed by atoms with Crippen LogP contribution in [0.4, 0.5) is 0 Å². The van der Waals surface area contributed by atoms with Gasteiger partial charge in [0.2, 0.25) is 0 Å². The molecule has 2 heterocycles. The van der Waals surface area contributed by atoms with Crippen LogP contribution in [0.25, 0.3) is 5.69 Å². The Hall–Kier alpha value is -2.74. The topological polar surface area (TPSA) is 97.6 Å². The summed E-state index contributed by atoms with van der Waals surface area (Å²) < 4.78 is 6.70. The third kappa shape index (κ3) is 3.00. The normalized spacial score (nSPS) is 20.3. The Bertz CT molecular complexity index is 773. The van der Waals surface area contributed by atoms with E-state index < -0.39 is 17.9 Å². The van der Waals surface area contributed by atoms with Crippen LogP contribution >= 0.6 is 0 Å². The summed E-state index contributed by atoms with van der Waals surface area (Å²) in [7, 11) is 1.51. The van der Waals surface area contributed by atoms with Crippen molar-refractivity contribution < 1.29 is 19.4 Å². The largest absolute Gasteiger partial charge is 0.480 e. The Morgan fingerprint density at radius 1 is 1.38 bits per heavy atom. The number of aromatic nitrogens is 3. The first-order chi connectivity index (χ1) is 11.5. The van der Waals surface area contributed by atoms with E-state index in [1.807, 2.05) is 31.2 Å². The molecule has 2 unspecified atom stereocenters. The molecule has 8 heteroatoms.